The Labute approximate surface area is 155 Å². The fraction of sp³-hybridized carbons (Fsp3) is 0.333. The molecule has 0 bridgehead atoms. The van der Waals surface area contributed by atoms with E-state index in [0.29, 0.717) is 12.5 Å². The Hall–Kier alpha value is -2.82. The van der Waals surface area contributed by atoms with Crippen LogP contribution < -0.4 is 14.9 Å². The molecule has 0 atom stereocenters. The third-order valence-corrected chi connectivity index (χ3v) is 3.76. The molecule has 2 aromatic carbocycles. The zero-order valence-electron chi connectivity index (χ0n) is 15.8. The van der Waals surface area contributed by atoms with Gasteiger partial charge >= 0.3 is 0 Å². The van der Waals surface area contributed by atoms with Crippen molar-refractivity contribution in [3.63, 3.8) is 0 Å². The quantitative estimate of drug-likeness (QED) is 0.575. The summed E-state index contributed by atoms with van der Waals surface area (Å²) in [6, 6.07) is 13.5. The average Bonchev–Trinajstić information content (AvgIpc) is 2.61. The lowest BCUT2D eigenvalue weighted by Gasteiger charge is -2.14. The van der Waals surface area contributed by atoms with Crippen molar-refractivity contribution in [1.82, 2.24) is 5.43 Å². The lowest BCUT2D eigenvalue weighted by atomic mass is 10.0. The first kappa shape index (κ1) is 19.5. The monoisotopic (exact) mass is 354 g/mol. The third-order valence-electron chi connectivity index (χ3n) is 3.76. The summed E-state index contributed by atoms with van der Waals surface area (Å²) < 4.78 is 11.2. The molecule has 0 aliphatic rings. The van der Waals surface area contributed by atoms with Gasteiger partial charge in [-0.3, -0.25) is 4.79 Å². The first-order chi connectivity index (χ1) is 12.5. The average molecular weight is 354 g/mol. The van der Waals surface area contributed by atoms with Crippen molar-refractivity contribution in [3.8, 4) is 11.5 Å². The van der Waals surface area contributed by atoms with Crippen molar-refractivity contribution in [2.75, 3.05) is 13.2 Å². The normalized spacial score (nSPS) is 11.0. The number of carbonyl (C=O) groups is 1. The smallest absolute Gasteiger partial charge is 0.277 e. The maximum absolute atomic E-state index is 12.0. The number of nitrogens with one attached hydrogen (secondary N) is 1. The topological polar surface area (TPSA) is 59.9 Å². The highest BCUT2D eigenvalue weighted by Gasteiger charge is 2.10. The van der Waals surface area contributed by atoms with E-state index in [1.165, 1.54) is 0 Å². The number of rotatable bonds is 8. The molecule has 2 rings (SSSR count). The predicted molar refractivity (Wildman–Crippen MR) is 104 cm³/mol. The van der Waals surface area contributed by atoms with Gasteiger partial charge in [0.2, 0.25) is 0 Å². The van der Waals surface area contributed by atoms with Gasteiger partial charge in [0.25, 0.3) is 5.91 Å². The maximum Gasteiger partial charge on any atom is 0.277 e. The number of amides is 1. The largest absolute Gasteiger partial charge is 0.493 e. The lowest BCUT2D eigenvalue weighted by Crippen LogP contribution is -2.25. The van der Waals surface area contributed by atoms with Crippen LogP contribution >= 0.6 is 0 Å². The van der Waals surface area contributed by atoms with E-state index in [9.17, 15) is 4.79 Å². The van der Waals surface area contributed by atoms with Gasteiger partial charge < -0.3 is 9.47 Å². The minimum absolute atomic E-state index is 0.0897. The first-order valence-corrected chi connectivity index (χ1v) is 8.78. The van der Waals surface area contributed by atoms with E-state index in [1.807, 2.05) is 56.3 Å². The number of carbonyl (C=O) groups excluding carboxylic acids is 1. The standard InChI is InChI=1S/C21H26N2O3/c1-5-25-19-9-7-6-8-17(19)13-22-23-21(24)14-26-20-12-16(4)10-11-18(20)15(2)3/h6-13,15H,5,14H2,1-4H3,(H,23,24)/b22-13-. The molecule has 0 spiro atoms. The van der Waals surface area contributed by atoms with Crippen molar-refractivity contribution >= 4 is 12.1 Å². The van der Waals surface area contributed by atoms with Gasteiger partial charge in [0.05, 0.1) is 12.8 Å². The second kappa shape index (κ2) is 9.61. The molecule has 5 heteroatoms. The number of hydrogen-bond acceptors (Lipinski definition) is 4. The molecule has 2 aromatic rings. The minimum atomic E-state index is -0.314. The lowest BCUT2D eigenvalue weighted by molar-refractivity contribution is -0.123. The Morgan fingerprint density at radius 3 is 2.65 bits per heavy atom. The van der Waals surface area contributed by atoms with Gasteiger partial charge in [-0.25, -0.2) is 5.43 Å². The summed E-state index contributed by atoms with van der Waals surface area (Å²) in [7, 11) is 0. The summed E-state index contributed by atoms with van der Waals surface area (Å²) in [6.07, 6.45) is 1.56. The van der Waals surface area contributed by atoms with Crippen molar-refractivity contribution < 1.29 is 14.3 Å². The van der Waals surface area contributed by atoms with Gasteiger partial charge in [-0.15, -0.1) is 0 Å². The molecule has 5 nitrogen and oxygen atoms in total. The highest BCUT2D eigenvalue weighted by Crippen LogP contribution is 2.27. The van der Waals surface area contributed by atoms with Gasteiger partial charge in [0.15, 0.2) is 6.61 Å². The predicted octanol–water partition coefficient (Wildman–Crippen LogP) is 4.05. The second-order valence-electron chi connectivity index (χ2n) is 6.25. The molecule has 0 saturated carbocycles. The summed E-state index contributed by atoms with van der Waals surface area (Å²) in [4.78, 5) is 12.0. The zero-order chi connectivity index (χ0) is 18.9. The van der Waals surface area contributed by atoms with Gasteiger partial charge in [0.1, 0.15) is 11.5 Å². The number of hydrazone groups is 1. The first-order valence-electron chi connectivity index (χ1n) is 8.78. The van der Waals surface area contributed by atoms with Crippen molar-refractivity contribution in [1.29, 1.82) is 0 Å². The van der Waals surface area contributed by atoms with Crippen LogP contribution in [0, 0.1) is 6.92 Å². The molecule has 1 amide bonds. The zero-order valence-corrected chi connectivity index (χ0v) is 15.8. The van der Waals surface area contributed by atoms with E-state index in [0.717, 1.165) is 28.2 Å². The molecule has 1 N–H and O–H groups in total. The summed E-state index contributed by atoms with van der Waals surface area (Å²) in [6.45, 7) is 8.59. The van der Waals surface area contributed by atoms with Crippen LogP contribution in [0.5, 0.6) is 11.5 Å². The van der Waals surface area contributed by atoms with E-state index >= 15 is 0 Å². The van der Waals surface area contributed by atoms with E-state index in [-0.39, 0.29) is 12.5 Å². The Balaban J connectivity index is 1.93. The highest BCUT2D eigenvalue weighted by molar-refractivity contribution is 5.85. The Morgan fingerprint density at radius 1 is 1.15 bits per heavy atom. The SMILES string of the molecule is CCOc1ccccc1/C=N\NC(=O)COc1cc(C)ccc1C(C)C. The van der Waals surface area contributed by atoms with Crippen molar-refractivity contribution in [2.45, 2.75) is 33.6 Å². The van der Waals surface area contributed by atoms with Crippen LogP contribution in [-0.2, 0) is 4.79 Å². The van der Waals surface area contributed by atoms with Crippen LogP contribution in [0.3, 0.4) is 0 Å². The van der Waals surface area contributed by atoms with Crippen LogP contribution in [0.2, 0.25) is 0 Å². The molecule has 0 saturated heterocycles. The molecule has 0 radical (unpaired) electrons. The van der Waals surface area contributed by atoms with Gasteiger partial charge in [-0.05, 0) is 49.1 Å². The molecule has 0 fully saturated rings. The van der Waals surface area contributed by atoms with Crippen LogP contribution in [0.1, 0.15) is 43.4 Å². The van der Waals surface area contributed by atoms with Gasteiger partial charge in [0, 0.05) is 5.56 Å². The molecule has 0 heterocycles. The fourth-order valence-corrected chi connectivity index (χ4v) is 2.47. The van der Waals surface area contributed by atoms with Crippen molar-refractivity contribution in [2.24, 2.45) is 5.10 Å². The second-order valence-corrected chi connectivity index (χ2v) is 6.25. The van der Waals surface area contributed by atoms with Crippen LogP contribution in [0.4, 0.5) is 0 Å². The number of nitrogens with zero attached hydrogens (tertiary/aromatic N) is 1. The molecule has 0 aromatic heterocycles. The van der Waals surface area contributed by atoms with E-state index in [1.54, 1.807) is 6.21 Å². The fourth-order valence-electron chi connectivity index (χ4n) is 2.47. The van der Waals surface area contributed by atoms with Gasteiger partial charge in [-0.1, -0.05) is 38.1 Å². The Morgan fingerprint density at radius 2 is 1.92 bits per heavy atom. The van der Waals surface area contributed by atoms with E-state index < -0.39 is 0 Å². The molecule has 0 unspecified atom stereocenters. The minimum Gasteiger partial charge on any atom is -0.493 e. The van der Waals surface area contributed by atoms with E-state index in [2.05, 4.69) is 24.4 Å². The Bertz CT molecular complexity index is 770. The summed E-state index contributed by atoms with van der Waals surface area (Å²) in [5, 5.41) is 3.99. The van der Waals surface area contributed by atoms with E-state index in [4.69, 9.17) is 9.47 Å². The molecular formula is C21H26N2O3. The highest BCUT2D eigenvalue weighted by atomic mass is 16.5. The summed E-state index contributed by atoms with van der Waals surface area (Å²) in [5.41, 5.74) is 5.46. The van der Waals surface area contributed by atoms with Crippen LogP contribution in [-0.4, -0.2) is 25.3 Å². The van der Waals surface area contributed by atoms with Crippen LogP contribution in [0.15, 0.2) is 47.6 Å². The Kier molecular flexibility index (Phi) is 7.21. The van der Waals surface area contributed by atoms with Gasteiger partial charge in [-0.2, -0.15) is 5.10 Å². The molecule has 0 aliphatic heterocycles. The molecule has 0 aliphatic carbocycles. The summed E-state index contributed by atoms with van der Waals surface area (Å²) >= 11 is 0. The molecular weight excluding hydrogens is 328 g/mol. The number of aryl methyl sites for hydroxylation is 1. The number of benzene rings is 2. The molecule has 26 heavy (non-hydrogen) atoms. The number of hydrogen-bond donors (Lipinski definition) is 1. The maximum atomic E-state index is 12.0. The summed E-state index contributed by atoms with van der Waals surface area (Å²) in [5.74, 6) is 1.47. The van der Waals surface area contributed by atoms with Crippen LogP contribution in [0.25, 0.3) is 0 Å². The van der Waals surface area contributed by atoms with Crippen molar-refractivity contribution in [3.05, 3.63) is 59.2 Å². The molecule has 138 valence electrons. The third kappa shape index (κ3) is 5.62. The number of ether oxygens (including phenoxy) is 2. The number of para-hydroxylation sites is 1.